The van der Waals surface area contributed by atoms with Gasteiger partial charge < -0.3 is 0 Å². The quantitative estimate of drug-likeness (QED) is 0.586. The molecule has 2 heteroatoms. The van der Waals surface area contributed by atoms with Crippen molar-refractivity contribution in [1.82, 2.24) is 0 Å². The van der Waals surface area contributed by atoms with Crippen LogP contribution in [0.5, 0.6) is 0 Å². The molecule has 0 radical (unpaired) electrons. The average Bonchev–Trinajstić information content (AvgIpc) is 2.04. The Labute approximate surface area is 92.5 Å². The van der Waals surface area contributed by atoms with Crippen LogP contribution in [0.3, 0.4) is 0 Å². The predicted octanol–water partition coefficient (Wildman–Crippen LogP) is 3.88. The zero-order chi connectivity index (χ0) is 8.97. The molecule has 66 valence electrons. The minimum atomic E-state index is 0.870. The molecule has 0 aliphatic carbocycles. The molecule has 12 heavy (non-hydrogen) atoms. The van der Waals surface area contributed by atoms with Crippen molar-refractivity contribution in [2.45, 2.75) is 19.8 Å². The fourth-order valence-electron chi connectivity index (χ4n) is 1.17. The van der Waals surface area contributed by atoms with E-state index in [4.69, 9.17) is 11.6 Å². The van der Waals surface area contributed by atoms with Crippen molar-refractivity contribution in [2.75, 3.05) is 4.43 Å². The highest BCUT2D eigenvalue weighted by molar-refractivity contribution is 14.1. The molecule has 1 rings (SSSR count). The monoisotopic (exact) mass is 294 g/mol. The molecule has 0 amide bonds. The van der Waals surface area contributed by atoms with Gasteiger partial charge in [-0.3, -0.25) is 0 Å². The average molecular weight is 295 g/mol. The highest BCUT2D eigenvalue weighted by Gasteiger charge is 1.97. The van der Waals surface area contributed by atoms with Crippen LogP contribution in [0.25, 0.3) is 0 Å². The number of hydrogen-bond acceptors (Lipinski definition) is 0. The van der Waals surface area contributed by atoms with Crippen LogP contribution in [-0.4, -0.2) is 4.43 Å². The van der Waals surface area contributed by atoms with Crippen LogP contribution >= 0.6 is 34.2 Å². The van der Waals surface area contributed by atoms with Crippen LogP contribution in [0, 0.1) is 0 Å². The van der Waals surface area contributed by atoms with Gasteiger partial charge in [0.15, 0.2) is 0 Å². The van der Waals surface area contributed by atoms with Crippen LogP contribution in [0.15, 0.2) is 18.2 Å². The summed E-state index contributed by atoms with van der Waals surface area (Å²) in [7, 11) is 0. The number of halogens is 2. The molecular formula is C10H12ClI. The third kappa shape index (κ3) is 2.94. The molecule has 0 aliphatic rings. The predicted molar refractivity (Wildman–Crippen MR) is 63.4 cm³/mol. The zero-order valence-corrected chi connectivity index (χ0v) is 10.0. The maximum atomic E-state index is 5.96. The van der Waals surface area contributed by atoms with Gasteiger partial charge >= 0.3 is 0 Å². The number of aryl methyl sites for hydroxylation is 2. The van der Waals surface area contributed by atoms with Crippen molar-refractivity contribution in [3.05, 3.63) is 34.3 Å². The fraction of sp³-hybridized carbons (Fsp3) is 0.400. The van der Waals surface area contributed by atoms with Crippen LogP contribution in [0.4, 0.5) is 0 Å². The number of benzene rings is 1. The van der Waals surface area contributed by atoms with Crippen molar-refractivity contribution in [3.63, 3.8) is 0 Å². The summed E-state index contributed by atoms with van der Waals surface area (Å²) in [5.74, 6) is 0. The molecule has 0 bridgehead atoms. The molecule has 0 aliphatic heterocycles. The Morgan fingerprint density at radius 1 is 1.25 bits per heavy atom. The highest BCUT2D eigenvalue weighted by Crippen LogP contribution is 2.16. The van der Waals surface area contributed by atoms with E-state index in [2.05, 4.69) is 41.6 Å². The molecule has 1 aromatic carbocycles. The molecule has 0 aromatic heterocycles. The largest absolute Gasteiger partial charge is 0.0860 e. The molecule has 0 saturated heterocycles. The lowest BCUT2D eigenvalue weighted by atomic mass is 10.1. The van der Waals surface area contributed by atoms with Gasteiger partial charge in [-0.05, 0) is 36.1 Å². The molecular weight excluding hydrogens is 282 g/mol. The highest BCUT2D eigenvalue weighted by atomic mass is 127. The Morgan fingerprint density at radius 3 is 2.50 bits per heavy atom. The van der Waals surface area contributed by atoms with Gasteiger partial charge in [-0.25, -0.2) is 0 Å². The molecule has 0 nitrogen and oxygen atoms in total. The van der Waals surface area contributed by atoms with Crippen LogP contribution in [-0.2, 0) is 12.8 Å². The van der Waals surface area contributed by atoms with E-state index in [0.29, 0.717) is 0 Å². The lowest BCUT2D eigenvalue weighted by Crippen LogP contribution is -1.88. The molecule has 0 spiro atoms. The van der Waals surface area contributed by atoms with E-state index in [0.717, 1.165) is 22.3 Å². The second-order valence-electron chi connectivity index (χ2n) is 2.76. The summed E-state index contributed by atoms with van der Waals surface area (Å²) in [5, 5.41) is 0.870. The first-order valence-corrected chi connectivity index (χ1v) is 6.01. The Kier molecular flexibility index (Phi) is 4.36. The molecule has 1 aromatic rings. The van der Waals surface area contributed by atoms with Crippen LogP contribution < -0.4 is 0 Å². The lowest BCUT2D eigenvalue weighted by molar-refractivity contribution is 1.10. The van der Waals surface area contributed by atoms with Gasteiger partial charge in [0, 0.05) is 9.45 Å². The van der Waals surface area contributed by atoms with E-state index in [9.17, 15) is 0 Å². The first-order valence-electron chi connectivity index (χ1n) is 4.10. The molecule has 0 saturated carbocycles. The topological polar surface area (TPSA) is 0 Å². The molecule has 0 heterocycles. The van der Waals surface area contributed by atoms with Crippen LogP contribution in [0.1, 0.15) is 18.1 Å². The maximum Gasteiger partial charge on any atom is 0.0411 e. The summed E-state index contributed by atoms with van der Waals surface area (Å²) in [6.07, 6.45) is 2.18. The number of alkyl halides is 1. The van der Waals surface area contributed by atoms with Gasteiger partial charge in [-0.15, -0.1) is 0 Å². The Hall–Kier alpha value is 0.240. The number of rotatable bonds is 3. The van der Waals surface area contributed by atoms with E-state index in [1.54, 1.807) is 0 Å². The minimum Gasteiger partial charge on any atom is -0.0860 e. The Morgan fingerprint density at radius 2 is 1.92 bits per heavy atom. The summed E-state index contributed by atoms with van der Waals surface area (Å²) >= 11 is 8.35. The minimum absolute atomic E-state index is 0.870. The van der Waals surface area contributed by atoms with Crippen molar-refractivity contribution in [2.24, 2.45) is 0 Å². The zero-order valence-electron chi connectivity index (χ0n) is 7.11. The van der Waals surface area contributed by atoms with Gasteiger partial charge in [-0.1, -0.05) is 47.2 Å². The van der Waals surface area contributed by atoms with Gasteiger partial charge in [0.2, 0.25) is 0 Å². The van der Waals surface area contributed by atoms with Gasteiger partial charge in [0.1, 0.15) is 0 Å². The third-order valence-electron chi connectivity index (χ3n) is 1.81. The summed E-state index contributed by atoms with van der Waals surface area (Å²) in [4.78, 5) is 0. The van der Waals surface area contributed by atoms with E-state index >= 15 is 0 Å². The third-order valence-corrected chi connectivity index (χ3v) is 2.57. The molecule has 0 fully saturated rings. The first-order chi connectivity index (χ1) is 5.76. The van der Waals surface area contributed by atoms with E-state index in [1.165, 1.54) is 11.1 Å². The van der Waals surface area contributed by atoms with Crippen LogP contribution in [0.2, 0.25) is 5.02 Å². The molecule has 0 atom stereocenters. The van der Waals surface area contributed by atoms with Crippen molar-refractivity contribution < 1.29 is 0 Å². The van der Waals surface area contributed by atoms with E-state index in [1.807, 2.05) is 6.07 Å². The Balaban J connectivity index is 2.90. The van der Waals surface area contributed by atoms with Crippen molar-refractivity contribution >= 4 is 34.2 Å². The Bertz CT molecular complexity index is 258. The van der Waals surface area contributed by atoms with Crippen molar-refractivity contribution in [1.29, 1.82) is 0 Å². The first kappa shape index (κ1) is 10.3. The smallest absolute Gasteiger partial charge is 0.0411 e. The second-order valence-corrected chi connectivity index (χ2v) is 4.28. The van der Waals surface area contributed by atoms with Gasteiger partial charge in [-0.2, -0.15) is 0 Å². The van der Waals surface area contributed by atoms with Gasteiger partial charge in [0.25, 0.3) is 0 Å². The summed E-state index contributed by atoms with van der Waals surface area (Å²) < 4.78 is 1.15. The lowest BCUT2D eigenvalue weighted by Gasteiger charge is -2.02. The fourth-order valence-corrected chi connectivity index (χ4v) is 2.08. The van der Waals surface area contributed by atoms with E-state index in [-0.39, 0.29) is 0 Å². The van der Waals surface area contributed by atoms with E-state index < -0.39 is 0 Å². The summed E-state index contributed by atoms with van der Waals surface area (Å²) in [6, 6.07) is 6.34. The second kappa shape index (κ2) is 5.07. The number of hydrogen-bond donors (Lipinski definition) is 0. The standard InChI is InChI=1S/C10H12ClI/c1-2-8-5-9(3-4-12)7-10(11)6-8/h5-7H,2-4H2,1H3. The maximum absolute atomic E-state index is 5.96. The normalized spacial score (nSPS) is 10.2. The molecule has 0 N–H and O–H groups in total. The summed E-state index contributed by atoms with van der Waals surface area (Å²) in [6.45, 7) is 2.15. The van der Waals surface area contributed by atoms with Crippen molar-refractivity contribution in [3.8, 4) is 0 Å². The molecule has 0 unspecified atom stereocenters. The van der Waals surface area contributed by atoms with Gasteiger partial charge in [0.05, 0.1) is 0 Å². The summed E-state index contributed by atoms with van der Waals surface area (Å²) in [5.41, 5.74) is 2.69. The SMILES string of the molecule is CCc1cc(Cl)cc(CCI)c1.